The van der Waals surface area contributed by atoms with Crippen molar-refractivity contribution in [3.05, 3.63) is 42.2 Å². The molecule has 1 saturated heterocycles. The van der Waals surface area contributed by atoms with Crippen LogP contribution in [0.2, 0.25) is 0 Å². The molecule has 1 amide bonds. The van der Waals surface area contributed by atoms with E-state index in [1.165, 1.54) is 0 Å². The standard InChI is InChI=1S/C18H23N3O3/c1-23-15-4-5-16(17(12-15)24-2)18(22)20-10-6-14(7-11-20)13-21-9-3-8-19-21/h3-5,8-9,12,14H,6-7,10-11,13H2,1-2H3. The van der Waals surface area contributed by atoms with E-state index in [-0.39, 0.29) is 5.91 Å². The van der Waals surface area contributed by atoms with E-state index >= 15 is 0 Å². The van der Waals surface area contributed by atoms with Crippen LogP contribution in [0.3, 0.4) is 0 Å². The van der Waals surface area contributed by atoms with Crippen molar-refractivity contribution in [2.45, 2.75) is 19.4 Å². The van der Waals surface area contributed by atoms with Crippen LogP contribution in [0.25, 0.3) is 0 Å². The van der Waals surface area contributed by atoms with Gasteiger partial charge < -0.3 is 14.4 Å². The van der Waals surface area contributed by atoms with Crippen LogP contribution in [-0.4, -0.2) is 47.9 Å². The third-order valence-corrected chi connectivity index (χ3v) is 4.55. The molecule has 0 unspecified atom stereocenters. The number of nitrogens with zero attached hydrogens (tertiary/aromatic N) is 3. The minimum atomic E-state index is 0.0204. The van der Waals surface area contributed by atoms with Gasteiger partial charge in [-0.15, -0.1) is 0 Å². The van der Waals surface area contributed by atoms with Crippen LogP contribution >= 0.6 is 0 Å². The number of piperidine rings is 1. The lowest BCUT2D eigenvalue weighted by molar-refractivity contribution is 0.0678. The largest absolute Gasteiger partial charge is 0.497 e. The van der Waals surface area contributed by atoms with Gasteiger partial charge in [0.2, 0.25) is 0 Å². The van der Waals surface area contributed by atoms with E-state index in [2.05, 4.69) is 5.10 Å². The van der Waals surface area contributed by atoms with Crippen molar-refractivity contribution in [1.82, 2.24) is 14.7 Å². The van der Waals surface area contributed by atoms with Gasteiger partial charge in [0.15, 0.2) is 0 Å². The quantitative estimate of drug-likeness (QED) is 0.845. The minimum absolute atomic E-state index is 0.0204. The average Bonchev–Trinajstić information content (AvgIpc) is 3.14. The lowest BCUT2D eigenvalue weighted by Gasteiger charge is -2.32. The first kappa shape index (κ1) is 16.4. The number of ether oxygens (including phenoxy) is 2. The Hall–Kier alpha value is -2.50. The van der Waals surface area contributed by atoms with E-state index in [0.717, 1.165) is 32.5 Å². The molecule has 1 aromatic heterocycles. The Morgan fingerprint density at radius 2 is 2.04 bits per heavy atom. The molecule has 1 aromatic carbocycles. The molecule has 0 N–H and O–H groups in total. The molecular weight excluding hydrogens is 306 g/mol. The zero-order chi connectivity index (χ0) is 16.9. The average molecular weight is 329 g/mol. The van der Waals surface area contributed by atoms with Gasteiger partial charge in [0.1, 0.15) is 11.5 Å². The fraction of sp³-hybridized carbons (Fsp3) is 0.444. The van der Waals surface area contributed by atoms with E-state index in [4.69, 9.17) is 9.47 Å². The van der Waals surface area contributed by atoms with Crippen LogP contribution in [-0.2, 0) is 6.54 Å². The minimum Gasteiger partial charge on any atom is -0.497 e. The monoisotopic (exact) mass is 329 g/mol. The Morgan fingerprint density at radius 3 is 2.67 bits per heavy atom. The van der Waals surface area contributed by atoms with Crippen LogP contribution in [0.4, 0.5) is 0 Å². The molecule has 6 nitrogen and oxygen atoms in total. The number of rotatable bonds is 5. The van der Waals surface area contributed by atoms with Crippen LogP contribution < -0.4 is 9.47 Å². The molecule has 0 spiro atoms. The second-order valence-corrected chi connectivity index (χ2v) is 6.03. The fourth-order valence-corrected chi connectivity index (χ4v) is 3.14. The van der Waals surface area contributed by atoms with Crippen molar-refractivity contribution >= 4 is 5.91 Å². The number of methoxy groups -OCH3 is 2. The van der Waals surface area contributed by atoms with Gasteiger partial charge in [-0.1, -0.05) is 0 Å². The van der Waals surface area contributed by atoms with Crippen LogP contribution in [0.1, 0.15) is 23.2 Å². The van der Waals surface area contributed by atoms with Gasteiger partial charge in [-0.25, -0.2) is 0 Å². The van der Waals surface area contributed by atoms with Crippen molar-refractivity contribution in [3.63, 3.8) is 0 Å². The van der Waals surface area contributed by atoms with E-state index in [0.29, 0.717) is 23.0 Å². The smallest absolute Gasteiger partial charge is 0.257 e. The molecular formula is C18H23N3O3. The van der Waals surface area contributed by atoms with Crippen LogP contribution in [0.15, 0.2) is 36.7 Å². The predicted molar refractivity (Wildman–Crippen MR) is 90.4 cm³/mol. The molecule has 0 radical (unpaired) electrons. The van der Waals surface area contributed by atoms with Gasteiger partial charge in [0.25, 0.3) is 5.91 Å². The molecule has 0 atom stereocenters. The van der Waals surface area contributed by atoms with Gasteiger partial charge in [0.05, 0.1) is 19.8 Å². The molecule has 0 bridgehead atoms. The first-order chi connectivity index (χ1) is 11.7. The lowest BCUT2D eigenvalue weighted by atomic mass is 9.96. The molecule has 1 fully saturated rings. The third-order valence-electron chi connectivity index (χ3n) is 4.55. The summed E-state index contributed by atoms with van der Waals surface area (Å²) < 4.78 is 12.5. The highest BCUT2D eigenvalue weighted by Gasteiger charge is 2.25. The summed E-state index contributed by atoms with van der Waals surface area (Å²) in [6.07, 6.45) is 5.77. The first-order valence-corrected chi connectivity index (χ1v) is 8.20. The molecule has 2 aromatic rings. The molecule has 2 heterocycles. The number of carbonyl (C=O) groups is 1. The fourth-order valence-electron chi connectivity index (χ4n) is 3.14. The second-order valence-electron chi connectivity index (χ2n) is 6.03. The van der Waals surface area contributed by atoms with Gasteiger partial charge in [-0.05, 0) is 37.0 Å². The zero-order valence-electron chi connectivity index (χ0n) is 14.1. The summed E-state index contributed by atoms with van der Waals surface area (Å²) in [7, 11) is 3.17. The lowest BCUT2D eigenvalue weighted by Crippen LogP contribution is -2.39. The summed E-state index contributed by atoms with van der Waals surface area (Å²) in [5.74, 6) is 1.82. The third kappa shape index (κ3) is 3.53. The van der Waals surface area contributed by atoms with Crippen molar-refractivity contribution < 1.29 is 14.3 Å². The van der Waals surface area contributed by atoms with E-state index < -0.39 is 0 Å². The molecule has 6 heteroatoms. The van der Waals surface area contributed by atoms with Crippen molar-refractivity contribution in [1.29, 1.82) is 0 Å². The number of hydrogen-bond donors (Lipinski definition) is 0. The Balaban J connectivity index is 1.62. The maximum Gasteiger partial charge on any atom is 0.257 e. The number of likely N-dealkylation sites (tertiary alicyclic amines) is 1. The Morgan fingerprint density at radius 1 is 1.25 bits per heavy atom. The molecule has 128 valence electrons. The van der Waals surface area contributed by atoms with Crippen LogP contribution in [0.5, 0.6) is 11.5 Å². The van der Waals surface area contributed by atoms with Crippen molar-refractivity contribution in [2.75, 3.05) is 27.3 Å². The zero-order valence-corrected chi connectivity index (χ0v) is 14.1. The molecule has 3 rings (SSSR count). The summed E-state index contributed by atoms with van der Waals surface area (Å²) in [6.45, 7) is 2.45. The molecule has 1 aliphatic heterocycles. The normalized spacial score (nSPS) is 15.3. The van der Waals surface area contributed by atoms with Gasteiger partial charge in [-0.3, -0.25) is 9.48 Å². The molecule has 24 heavy (non-hydrogen) atoms. The molecule has 1 aliphatic rings. The highest BCUT2D eigenvalue weighted by atomic mass is 16.5. The SMILES string of the molecule is COc1ccc(C(=O)N2CCC(Cn3cccn3)CC2)c(OC)c1. The number of hydrogen-bond acceptors (Lipinski definition) is 4. The summed E-state index contributed by atoms with van der Waals surface area (Å²) in [4.78, 5) is 14.7. The summed E-state index contributed by atoms with van der Waals surface area (Å²) in [5.41, 5.74) is 0.587. The number of benzene rings is 1. The second kappa shape index (κ2) is 7.38. The number of amides is 1. The van der Waals surface area contributed by atoms with Crippen molar-refractivity contribution in [2.24, 2.45) is 5.92 Å². The number of aromatic nitrogens is 2. The predicted octanol–water partition coefficient (Wildman–Crippen LogP) is 2.45. The number of carbonyl (C=O) groups excluding carboxylic acids is 1. The van der Waals surface area contributed by atoms with Crippen LogP contribution in [0, 0.1) is 5.92 Å². The Kier molecular flexibility index (Phi) is 5.03. The summed E-state index contributed by atoms with van der Waals surface area (Å²) >= 11 is 0. The van der Waals surface area contributed by atoms with E-state index in [1.807, 2.05) is 21.8 Å². The van der Waals surface area contributed by atoms with Gasteiger partial charge in [-0.2, -0.15) is 5.10 Å². The van der Waals surface area contributed by atoms with E-state index in [1.54, 1.807) is 38.6 Å². The Bertz CT molecular complexity index is 677. The van der Waals surface area contributed by atoms with E-state index in [9.17, 15) is 4.79 Å². The first-order valence-electron chi connectivity index (χ1n) is 8.20. The molecule has 0 saturated carbocycles. The Labute approximate surface area is 142 Å². The maximum atomic E-state index is 12.8. The van der Waals surface area contributed by atoms with Gasteiger partial charge in [0, 0.05) is 38.1 Å². The van der Waals surface area contributed by atoms with Crippen molar-refractivity contribution in [3.8, 4) is 11.5 Å². The topological polar surface area (TPSA) is 56.6 Å². The summed E-state index contributed by atoms with van der Waals surface area (Å²) in [5, 5.41) is 4.26. The molecule has 0 aliphatic carbocycles. The highest BCUT2D eigenvalue weighted by molar-refractivity contribution is 5.97. The summed E-state index contributed by atoms with van der Waals surface area (Å²) in [6, 6.07) is 7.25. The van der Waals surface area contributed by atoms with Gasteiger partial charge >= 0.3 is 0 Å². The maximum absolute atomic E-state index is 12.8. The highest BCUT2D eigenvalue weighted by Crippen LogP contribution is 2.27.